The predicted octanol–water partition coefficient (Wildman–Crippen LogP) is 3.02. The maximum Gasteiger partial charge on any atom is 0.410 e. The van der Waals surface area contributed by atoms with Crippen LogP contribution in [0.5, 0.6) is 0 Å². The van der Waals surface area contributed by atoms with Crippen LogP contribution < -0.4 is 0 Å². The number of benzene rings is 2. The first-order chi connectivity index (χ1) is 14.2. The Morgan fingerprint density at radius 2 is 1.76 bits per heavy atom. The van der Waals surface area contributed by atoms with E-state index in [1.54, 1.807) is 18.2 Å². The van der Waals surface area contributed by atoms with Gasteiger partial charge in [-0.2, -0.15) is 0 Å². The summed E-state index contributed by atoms with van der Waals surface area (Å²) in [6.07, 6.45) is 0.963. The number of carbonyl (C=O) groups excluding carboxylic acids is 2. The van der Waals surface area contributed by atoms with Crippen molar-refractivity contribution in [2.75, 3.05) is 19.6 Å². The molecule has 8 nitrogen and oxygen atoms in total. The van der Waals surface area contributed by atoms with Crippen molar-refractivity contribution in [3.8, 4) is 0 Å². The zero-order valence-corrected chi connectivity index (χ0v) is 15.7. The van der Waals surface area contributed by atoms with E-state index in [2.05, 4.69) is 10.3 Å². The third-order valence-corrected chi connectivity index (χ3v) is 5.70. The second-order valence-electron chi connectivity index (χ2n) is 7.43. The number of carbonyl (C=O) groups is 2. The number of likely N-dealkylation sites (tertiary alicyclic amines) is 1. The monoisotopic (exact) mass is 392 g/mol. The number of hydrogen-bond acceptors (Lipinski definition) is 6. The summed E-state index contributed by atoms with van der Waals surface area (Å²) < 4.78 is 10.3. The summed E-state index contributed by atoms with van der Waals surface area (Å²) >= 11 is 0. The van der Waals surface area contributed by atoms with Crippen LogP contribution in [-0.4, -0.2) is 57.8 Å². The molecule has 1 aromatic heterocycles. The standard InChI is InChI=1S/C21H20N4O4/c26-20(15-6-7-17-18(12-15)23-29-22-17)24-10-8-16(9-11-24)25-13-19(28-21(25)27)14-4-2-1-3-5-14/h1-7,12,16,19H,8-11,13H2. The van der Waals surface area contributed by atoms with Gasteiger partial charge in [0.1, 0.15) is 17.1 Å². The fourth-order valence-corrected chi connectivity index (χ4v) is 4.10. The highest BCUT2D eigenvalue weighted by atomic mass is 16.6. The molecule has 8 heteroatoms. The first-order valence-corrected chi connectivity index (χ1v) is 9.73. The van der Waals surface area contributed by atoms with Gasteiger partial charge < -0.3 is 14.5 Å². The summed E-state index contributed by atoms with van der Waals surface area (Å²) in [6, 6.07) is 15.0. The van der Waals surface area contributed by atoms with Gasteiger partial charge in [0, 0.05) is 24.7 Å². The molecule has 0 radical (unpaired) electrons. The molecule has 2 saturated heterocycles. The van der Waals surface area contributed by atoms with Gasteiger partial charge in [0.2, 0.25) is 0 Å². The molecule has 0 spiro atoms. The molecule has 0 aliphatic carbocycles. The van der Waals surface area contributed by atoms with E-state index >= 15 is 0 Å². The number of fused-ring (bicyclic) bond motifs is 1. The van der Waals surface area contributed by atoms with Crippen molar-refractivity contribution in [3.05, 3.63) is 59.7 Å². The number of piperidine rings is 1. The Morgan fingerprint density at radius 3 is 2.55 bits per heavy atom. The molecule has 5 rings (SSSR count). The Bertz CT molecular complexity index is 1040. The molecule has 2 aliphatic rings. The highest BCUT2D eigenvalue weighted by Gasteiger charge is 2.38. The zero-order valence-electron chi connectivity index (χ0n) is 15.7. The normalized spacial score (nSPS) is 20.3. The molecular formula is C21H20N4O4. The molecular weight excluding hydrogens is 372 g/mol. The van der Waals surface area contributed by atoms with Crippen LogP contribution in [-0.2, 0) is 4.74 Å². The number of amides is 2. The Hall–Kier alpha value is -3.42. The number of nitrogens with zero attached hydrogens (tertiary/aromatic N) is 4. The Labute approximate surface area is 167 Å². The molecule has 29 heavy (non-hydrogen) atoms. The van der Waals surface area contributed by atoms with Gasteiger partial charge in [0.15, 0.2) is 0 Å². The largest absolute Gasteiger partial charge is 0.439 e. The maximum atomic E-state index is 12.8. The number of hydrogen-bond donors (Lipinski definition) is 0. The summed E-state index contributed by atoms with van der Waals surface area (Å²) in [5, 5.41) is 7.56. The fraction of sp³-hybridized carbons (Fsp3) is 0.333. The van der Waals surface area contributed by atoms with Crippen LogP contribution in [0.3, 0.4) is 0 Å². The number of ether oxygens (including phenoxy) is 1. The number of cyclic esters (lactones) is 1. The minimum atomic E-state index is -0.271. The fourth-order valence-electron chi connectivity index (χ4n) is 4.10. The SMILES string of the molecule is O=C(c1ccc2nonc2c1)N1CCC(N2CC(c3ccccc3)OC2=O)CC1. The van der Waals surface area contributed by atoms with E-state index in [1.807, 2.05) is 40.1 Å². The van der Waals surface area contributed by atoms with E-state index in [9.17, 15) is 9.59 Å². The molecule has 0 saturated carbocycles. The third-order valence-electron chi connectivity index (χ3n) is 5.70. The first-order valence-electron chi connectivity index (χ1n) is 9.73. The molecule has 2 aliphatic heterocycles. The zero-order chi connectivity index (χ0) is 19.8. The van der Waals surface area contributed by atoms with Crippen LogP contribution in [0.15, 0.2) is 53.2 Å². The molecule has 3 aromatic rings. The van der Waals surface area contributed by atoms with E-state index < -0.39 is 0 Å². The van der Waals surface area contributed by atoms with Crippen molar-refractivity contribution in [3.63, 3.8) is 0 Å². The Kier molecular flexibility index (Phi) is 4.38. The van der Waals surface area contributed by atoms with E-state index in [0.717, 1.165) is 18.4 Å². The third kappa shape index (κ3) is 3.30. The molecule has 148 valence electrons. The van der Waals surface area contributed by atoms with Crippen molar-refractivity contribution in [2.24, 2.45) is 0 Å². The number of aromatic nitrogens is 2. The highest BCUT2D eigenvalue weighted by Crippen LogP contribution is 2.30. The van der Waals surface area contributed by atoms with E-state index in [0.29, 0.717) is 36.2 Å². The predicted molar refractivity (Wildman–Crippen MR) is 103 cm³/mol. The van der Waals surface area contributed by atoms with E-state index in [-0.39, 0.29) is 24.1 Å². The molecule has 1 atom stereocenters. The lowest BCUT2D eigenvalue weighted by molar-refractivity contribution is 0.0658. The van der Waals surface area contributed by atoms with Crippen LogP contribution >= 0.6 is 0 Å². The topological polar surface area (TPSA) is 88.8 Å². The quantitative estimate of drug-likeness (QED) is 0.681. The minimum Gasteiger partial charge on any atom is -0.439 e. The minimum absolute atomic E-state index is 0.0421. The van der Waals surface area contributed by atoms with Crippen molar-refractivity contribution in [1.29, 1.82) is 0 Å². The summed E-state index contributed by atoms with van der Waals surface area (Å²) in [6.45, 7) is 1.74. The molecule has 2 fully saturated rings. The highest BCUT2D eigenvalue weighted by molar-refractivity contribution is 5.97. The van der Waals surface area contributed by atoms with Gasteiger partial charge in [-0.1, -0.05) is 30.3 Å². The van der Waals surface area contributed by atoms with Crippen molar-refractivity contribution < 1.29 is 19.0 Å². The van der Waals surface area contributed by atoms with Crippen LogP contribution in [0, 0.1) is 0 Å². The summed E-state index contributed by atoms with van der Waals surface area (Å²) in [4.78, 5) is 28.9. The molecule has 2 amide bonds. The average molecular weight is 392 g/mol. The summed E-state index contributed by atoms with van der Waals surface area (Å²) in [5.41, 5.74) is 2.77. The molecule has 0 N–H and O–H groups in total. The van der Waals surface area contributed by atoms with Gasteiger partial charge >= 0.3 is 6.09 Å². The lowest BCUT2D eigenvalue weighted by atomic mass is 10.0. The van der Waals surface area contributed by atoms with Gasteiger partial charge in [-0.05, 0) is 46.9 Å². The molecule has 3 heterocycles. The lowest BCUT2D eigenvalue weighted by Crippen LogP contribution is -2.47. The van der Waals surface area contributed by atoms with Gasteiger partial charge in [0.05, 0.1) is 6.54 Å². The van der Waals surface area contributed by atoms with Crippen LogP contribution in [0.4, 0.5) is 4.79 Å². The molecule has 2 aromatic carbocycles. The van der Waals surface area contributed by atoms with Gasteiger partial charge in [-0.3, -0.25) is 4.79 Å². The van der Waals surface area contributed by atoms with Crippen molar-refractivity contribution >= 4 is 23.0 Å². The van der Waals surface area contributed by atoms with Crippen molar-refractivity contribution in [1.82, 2.24) is 20.1 Å². The van der Waals surface area contributed by atoms with Crippen LogP contribution in [0.25, 0.3) is 11.0 Å². The van der Waals surface area contributed by atoms with E-state index in [4.69, 9.17) is 9.37 Å². The molecule has 0 bridgehead atoms. The maximum absolute atomic E-state index is 12.8. The van der Waals surface area contributed by atoms with Crippen molar-refractivity contribution in [2.45, 2.75) is 25.0 Å². The van der Waals surface area contributed by atoms with E-state index in [1.165, 1.54) is 0 Å². The Balaban J connectivity index is 1.22. The average Bonchev–Trinajstić information content (AvgIpc) is 3.40. The Morgan fingerprint density at radius 1 is 1.00 bits per heavy atom. The van der Waals surface area contributed by atoms with Gasteiger partial charge in [-0.25, -0.2) is 9.42 Å². The van der Waals surface area contributed by atoms with Gasteiger partial charge in [-0.15, -0.1) is 0 Å². The van der Waals surface area contributed by atoms with Crippen LogP contribution in [0.1, 0.15) is 34.9 Å². The van der Waals surface area contributed by atoms with Crippen LogP contribution in [0.2, 0.25) is 0 Å². The summed E-state index contributed by atoms with van der Waals surface area (Å²) in [5.74, 6) is -0.0421. The number of rotatable bonds is 3. The van der Waals surface area contributed by atoms with Gasteiger partial charge in [0.25, 0.3) is 5.91 Å². The second kappa shape index (κ2) is 7.20. The lowest BCUT2D eigenvalue weighted by Gasteiger charge is -2.35. The second-order valence-corrected chi connectivity index (χ2v) is 7.43. The molecule has 1 unspecified atom stereocenters. The summed E-state index contributed by atoms with van der Waals surface area (Å²) in [7, 11) is 0. The smallest absolute Gasteiger partial charge is 0.410 e. The first kappa shape index (κ1) is 17.7.